The molecule has 1 fully saturated rings. The van der Waals surface area contributed by atoms with E-state index in [1.165, 1.54) is 0 Å². The molecule has 3 rings (SSSR count). The number of anilines is 2. The maximum Gasteiger partial charge on any atom is 0.246 e. The number of carbonyl (C=O) groups is 2. The minimum absolute atomic E-state index is 0. The predicted molar refractivity (Wildman–Crippen MR) is 119 cm³/mol. The van der Waals surface area contributed by atoms with Gasteiger partial charge in [-0.25, -0.2) is 0 Å². The Morgan fingerprint density at radius 3 is 2.61 bits per heavy atom. The summed E-state index contributed by atoms with van der Waals surface area (Å²) < 4.78 is 1.67. The molecule has 1 aliphatic heterocycles. The van der Waals surface area contributed by atoms with Gasteiger partial charge in [0.25, 0.3) is 0 Å². The minimum atomic E-state index is -0.178. The summed E-state index contributed by atoms with van der Waals surface area (Å²) in [5.74, 6) is 0.311. The van der Waals surface area contributed by atoms with E-state index in [9.17, 15) is 9.59 Å². The highest BCUT2D eigenvalue weighted by molar-refractivity contribution is 14.0. The number of guanidine groups is 1. The quantitative estimate of drug-likeness (QED) is 0.372. The lowest BCUT2D eigenvalue weighted by Crippen LogP contribution is -2.56. The summed E-state index contributed by atoms with van der Waals surface area (Å²) in [5.41, 5.74) is 1.52. The molecule has 0 bridgehead atoms. The van der Waals surface area contributed by atoms with Crippen molar-refractivity contribution in [1.82, 2.24) is 20.0 Å². The zero-order chi connectivity index (χ0) is 19.2. The number of carbonyl (C=O) groups excluding carboxylic acids is 2. The number of aliphatic imine (C=N–C) groups is 1. The predicted octanol–water partition coefficient (Wildman–Crippen LogP) is 0.901. The molecule has 0 radical (unpaired) electrons. The third kappa shape index (κ3) is 5.44. The fourth-order valence-electron chi connectivity index (χ4n) is 2.89. The highest BCUT2D eigenvalue weighted by atomic mass is 127. The smallest absolute Gasteiger partial charge is 0.246 e. The topological polar surface area (TPSA) is 94.9 Å². The summed E-state index contributed by atoms with van der Waals surface area (Å²) in [4.78, 5) is 32.3. The molecule has 0 spiro atoms. The average Bonchev–Trinajstić information content (AvgIpc) is 3.09. The van der Waals surface area contributed by atoms with Crippen molar-refractivity contribution in [3.8, 4) is 0 Å². The van der Waals surface area contributed by atoms with E-state index in [1.54, 1.807) is 22.8 Å². The molecule has 1 aromatic heterocycles. The van der Waals surface area contributed by atoms with Gasteiger partial charge in [0.2, 0.25) is 11.8 Å². The van der Waals surface area contributed by atoms with Crippen LogP contribution < -0.4 is 15.5 Å². The number of amides is 2. The normalized spacial score (nSPS) is 14.5. The molecule has 0 aliphatic carbocycles. The van der Waals surface area contributed by atoms with Crippen LogP contribution in [0.4, 0.5) is 11.4 Å². The van der Waals surface area contributed by atoms with Crippen molar-refractivity contribution in [1.29, 1.82) is 0 Å². The molecule has 10 heteroatoms. The summed E-state index contributed by atoms with van der Waals surface area (Å²) in [6.07, 6.45) is 3.49. The van der Waals surface area contributed by atoms with Crippen molar-refractivity contribution in [2.45, 2.75) is 0 Å². The first-order valence-electron chi connectivity index (χ1n) is 8.66. The van der Waals surface area contributed by atoms with Crippen LogP contribution in [-0.2, 0) is 16.6 Å². The highest BCUT2D eigenvalue weighted by Gasteiger charge is 2.27. The molecule has 2 N–H and O–H groups in total. The van der Waals surface area contributed by atoms with Crippen LogP contribution in [0.3, 0.4) is 0 Å². The molecule has 0 unspecified atom stereocenters. The van der Waals surface area contributed by atoms with Gasteiger partial charge in [0.15, 0.2) is 5.96 Å². The van der Waals surface area contributed by atoms with Gasteiger partial charge in [0.05, 0.1) is 18.4 Å². The van der Waals surface area contributed by atoms with Gasteiger partial charge in [0, 0.05) is 39.1 Å². The second-order valence-corrected chi connectivity index (χ2v) is 6.15. The van der Waals surface area contributed by atoms with Gasteiger partial charge in [-0.3, -0.25) is 19.3 Å². The number of para-hydroxylation sites is 1. The molecule has 150 valence electrons. The van der Waals surface area contributed by atoms with Gasteiger partial charge >= 0.3 is 0 Å². The van der Waals surface area contributed by atoms with Crippen molar-refractivity contribution < 1.29 is 9.59 Å². The van der Waals surface area contributed by atoms with E-state index in [4.69, 9.17) is 0 Å². The fraction of sp³-hybridized carbons (Fsp3) is 0.333. The summed E-state index contributed by atoms with van der Waals surface area (Å²) >= 11 is 0. The fourth-order valence-corrected chi connectivity index (χ4v) is 2.89. The molecule has 0 atom stereocenters. The molecule has 2 aromatic rings. The molecule has 1 aromatic carbocycles. The lowest BCUT2D eigenvalue weighted by molar-refractivity contribution is -0.120. The number of halogens is 1. The van der Waals surface area contributed by atoms with E-state index >= 15 is 0 Å². The van der Waals surface area contributed by atoms with E-state index < -0.39 is 0 Å². The van der Waals surface area contributed by atoms with E-state index in [1.807, 2.05) is 48.5 Å². The molecular formula is C18H24IN7O2. The number of piperazine rings is 1. The van der Waals surface area contributed by atoms with Crippen LogP contribution in [0.15, 0.2) is 47.7 Å². The monoisotopic (exact) mass is 497 g/mol. The number of benzene rings is 1. The first kappa shape index (κ1) is 21.7. The summed E-state index contributed by atoms with van der Waals surface area (Å²) in [6.45, 7) is 1.40. The third-order valence-corrected chi connectivity index (χ3v) is 4.20. The van der Waals surface area contributed by atoms with Crippen molar-refractivity contribution in [2.24, 2.45) is 12.0 Å². The number of hydrogen-bond acceptors (Lipinski definition) is 4. The second kappa shape index (κ2) is 10.1. The minimum Gasteiger partial charge on any atom is -0.347 e. The van der Waals surface area contributed by atoms with Gasteiger partial charge in [-0.05, 0) is 12.1 Å². The number of aryl methyl sites for hydroxylation is 1. The number of aromatic nitrogens is 2. The summed E-state index contributed by atoms with van der Waals surface area (Å²) in [7, 11) is 3.45. The number of hydrogen-bond donors (Lipinski definition) is 2. The molecule has 0 saturated carbocycles. The number of nitrogens with zero attached hydrogens (tertiary/aromatic N) is 5. The van der Waals surface area contributed by atoms with Crippen molar-refractivity contribution in [3.63, 3.8) is 0 Å². The van der Waals surface area contributed by atoms with E-state index in [2.05, 4.69) is 20.7 Å². The Labute approximate surface area is 180 Å². The van der Waals surface area contributed by atoms with Crippen LogP contribution in [0.1, 0.15) is 0 Å². The van der Waals surface area contributed by atoms with Crippen molar-refractivity contribution in [2.75, 3.05) is 43.4 Å². The Hall–Kier alpha value is -2.63. The molecule has 2 amide bonds. The van der Waals surface area contributed by atoms with Gasteiger partial charge < -0.3 is 20.4 Å². The molecular weight excluding hydrogens is 473 g/mol. The van der Waals surface area contributed by atoms with Crippen molar-refractivity contribution in [3.05, 3.63) is 42.7 Å². The molecule has 1 aliphatic rings. The second-order valence-electron chi connectivity index (χ2n) is 6.15. The average molecular weight is 497 g/mol. The van der Waals surface area contributed by atoms with Gasteiger partial charge in [0.1, 0.15) is 6.54 Å². The maximum atomic E-state index is 12.5. The van der Waals surface area contributed by atoms with Gasteiger partial charge in [-0.15, -0.1) is 24.0 Å². The van der Waals surface area contributed by atoms with Gasteiger partial charge in [-0.1, -0.05) is 18.2 Å². The highest BCUT2D eigenvalue weighted by Crippen LogP contribution is 2.16. The standard InChI is InChI=1S/C18H23N7O2.HI/c1-19-18(20-11-16(26)22-14-6-4-3-5-7-14)24-8-9-25(17(27)13-24)15-10-21-23(2)12-15;/h3-7,10,12H,8-9,11,13H2,1-2H3,(H,19,20)(H,22,26);1H. The maximum absolute atomic E-state index is 12.5. The first-order valence-corrected chi connectivity index (χ1v) is 8.66. The zero-order valence-electron chi connectivity index (χ0n) is 15.8. The lowest BCUT2D eigenvalue weighted by Gasteiger charge is -2.35. The largest absolute Gasteiger partial charge is 0.347 e. The van der Waals surface area contributed by atoms with E-state index in [0.29, 0.717) is 19.0 Å². The van der Waals surface area contributed by atoms with E-state index in [0.717, 1.165) is 11.4 Å². The van der Waals surface area contributed by atoms with Crippen molar-refractivity contribution >= 4 is 53.1 Å². The van der Waals surface area contributed by atoms with Crippen LogP contribution in [-0.4, -0.2) is 65.7 Å². The van der Waals surface area contributed by atoms with Crippen LogP contribution in [0.2, 0.25) is 0 Å². The van der Waals surface area contributed by atoms with Crippen LogP contribution in [0, 0.1) is 0 Å². The van der Waals surface area contributed by atoms with Crippen LogP contribution in [0.25, 0.3) is 0 Å². The lowest BCUT2D eigenvalue weighted by atomic mass is 10.3. The molecule has 9 nitrogen and oxygen atoms in total. The van der Waals surface area contributed by atoms with E-state index in [-0.39, 0.29) is 48.9 Å². The molecule has 28 heavy (non-hydrogen) atoms. The zero-order valence-corrected chi connectivity index (χ0v) is 18.2. The number of nitrogens with one attached hydrogen (secondary N) is 2. The summed E-state index contributed by atoms with van der Waals surface area (Å²) in [5, 5.41) is 9.93. The Morgan fingerprint density at radius 1 is 1.25 bits per heavy atom. The Morgan fingerprint density at radius 2 is 2.00 bits per heavy atom. The SMILES string of the molecule is CN=C(NCC(=O)Nc1ccccc1)N1CCN(c2cnn(C)c2)C(=O)C1.I. The molecule has 2 heterocycles. The Balaban J connectivity index is 0.00000280. The van der Waals surface area contributed by atoms with Crippen LogP contribution >= 0.6 is 24.0 Å². The number of rotatable bonds is 4. The summed E-state index contributed by atoms with van der Waals surface area (Å²) in [6, 6.07) is 9.24. The Kier molecular flexibility index (Phi) is 7.79. The molecule has 1 saturated heterocycles. The Bertz CT molecular complexity index is 837. The van der Waals surface area contributed by atoms with Crippen LogP contribution in [0.5, 0.6) is 0 Å². The van der Waals surface area contributed by atoms with Gasteiger partial charge in [-0.2, -0.15) is 5.10 Å². The third-order valence-electron chi connectivity index (χ3n) is 4.20. The first-order chi connectivity index (χ1) is 13.1.